The van der Waals surface area contributed by atoms with Crippen LogP contribution >= 0.6 is 0 Å². The van der Waals surface area contributed by atoms with Gasteiger partial charge in [-0.1, -0.05) is 42.5 Å². The van der Waals surface area contributed by atoms with Crippen LogP contribution in [0.25, 0.3) is 0 Å². The lowest BCUT2D eigenvalue weighted by molar-refractivity contribution is -0.438. The molecule has 1 fully saturated rings. The fraction of sp³-hybridized carbons (Fsp3) is 0.345. The second-order valence-corrected chi connectivity index (χ2v) is 9.99. The number of carbonyl (C=O) groups is 2. The molecule has 2 aliphatic heterocycles. The van der Waals surface area contributed by atoms with Crippen LogP contribution in [0.5, 0.6) is 0 Å². The van der Waals surface area contributed by atoms with Gasteiger partial charge in [0.2, 0.25) is 0 Å². The maximum Gasteiger partial charge on any atom is 0.349 e. The van der Waals surface area contributed by atoms with E-state index in [1.54, 1.807) is 6.20 Å². The molecule has 40 heavy (non-hydrogen) atoms. The first-order valence-corrected chi connectivity index (χ1v) is 13.3. The van der Waals surface area contributed by atoms with Crippen molar-refractivity contribution in [3.63, 3.8) is 0 Å². The van der Waals surface area contributed by atoms with Crippen LogP contribution in [0.1, 0.15) is 30.9 Å². The van der Waals surface area contributed by atoms with E-state index in [0.29, 0.717) is 12.2 Å². The number of hydrogen-bond donors (Lipinski definition) is 3. The topological polar surface area (TPSA) is 157 Å². The predicted octanol–water partition coefficient (Wildman–Crippen LogP) is 0.897. The number of benzene rings is 2. The number of nitrogens with two attached hydrogens (primary N) is 1. The van der Waals surface area contributed by atoms with Crippen LogP contribution in [0, 0.1) is 12.8 Å². The van der Waals surface area contributed by atoms with Crippen molar-refractivity contribution in [2.24, 2.45) is 10.9 Å². The molecule has 1 saturated heterocycles. The Morgan fingerprint density at radius 2 is 1.80 bits per heavy atom. The molecule has 11 heteroatoms. The summed E-state index contributed by atoms with van der Waals surface area (Å²) in [6.07, 6.45) is 3.85. The molecular formula is C29H34N6O5. The van der Waals surface area contributed by atoms with Crippen molar-refractivity contribution in [1.29, 1.82) is 0 Å². The third-order valence-electron chi connectivity index (χ3n) is 6.84. The predicted molar refractivity (Wildman–Crippen MR) is 150 cm³/mol. The van der Waals surface area contributed by atoms with Gasteiger partial charge in [0.25, 0.3) is 0 Å². The summed E-state index contributed by atoms with van der Waals surface area (Å²) in [5.74, 6) is -1.14. The quantitative estimate of drug-likeness (QED) is 0.369. The Hall–Kier alpha value is -4.51. The Morgan fingerprint density at radius 3 is 2.45 bits per heavy atom. The Morgan fingerprint density at radius 1 is 1.15 bits per heavy atom. The van der Waals surface area contributed by atoms with Crippen LogP contribution in [0.2, 0.25) is 0 Å². The molecule has 3 heterocycles. The van der Waals surface area contributed by atoms with Crippen molar-refractivity contribution in [3.05, 3.63) is 82.4 Å². The molecule has 0 amide bonds. The number of hydrogen-bond acceptors (Lipinski definition) is 7. The standard InChI is InChI=1S/C27H30N6O3.C2H4O2/c1-18-16-33(17-20(25(34)35)15-19-7-3-2-4-8-19)27(36)31-24(18)32-13-11-21(12-14-32)28-26-29-22-9-5-6-10-23(22)30-26;1-2(3)4/h2-10,16,20-21H,11-15,17H2,1H3,(H,34,35)(H2,28,29,30);1H3,(H,3,4)/t20-;/m0./s1. The Labute approximate surface area is 232 Å². The minimum atomic E-state index is -1.08. The number of fused-ring (bicyclic) bond motifs is 1. The number of carboxylic acid groups (broad SMARTS) is 2. The van der Waals surface area contributed by atoms with Gasteiger partial charge in [-0.05, 0) is 44.7 Å². The monoisotopic (exact) mass is 546 g/mol. The maximum absolute atomic E-state index is 12.8. The van der Waals surface area contributed by atoms with Gasteiger partial charge in [-0.15, -0.1) is 0 Å². The van der Waals surface area contributed by atoms with Crippen molar-refractivity contribution in [2.45, 2.75) is 45.7 Å². The highest BCUT2D eigenvalue weighted by atomic mass is 16.4. The number of nitrogens with zero attached hydrogens (tertiary/aromatic N) is 4. The number of quaternary nitrogens is 1. The van der Waals surface area contributed by atoms with E-state index in [-0.39, 0.29) is 12.6 Å². The SMILES string of the molecule is CC(=O)[O-].Cc1cn(C[C@H](Cc2ccccc2)C(=O)O)c(=O)nc1N1CCC(N=C2Nc3ccccc3[NH2+]2)CC1. The number of rotatable bonds is 7. The summed E-state index contributed by atoms with van der Waals surface area (Å²) < 4.78 is 1.43. The number of nitrogens with one attached hydrogen (secondary N) is 1. The number of aryl methyl sites for hydroxylation is 1. The van der Waals surface area contributed by atoms with Crippen LogP contribution < -0.4 is 26.3 Å². The van der Waals surface area contributed by atoms with Gasteiger partial charge in [0.1, 0.15) is 11.5 Å². The minimum Gasteiger partial charge on any atom is -0.550 e. The molecule has 4 N–H and O–H groups in total. The normalized spacial score (nSPS) is 16.4. The van der Waals surface area contributed by atoms with E-state index < -0.39 is 23.5 Å². The first kappa shape index (κ1) is 28.5. The van der Waals surface area contributed by atoms with E-state index in [4.69, 9.17) is 14.9 Å². The van der Waals surface area contributed by atoms with E-state index in [0.717, 1.165) is 61.3 Å². The van der Waals surface area contributed by atoms with Gasteiger partial charge in [0.05, 0.1) is 12.0 Å². The van der Waals surface area contributed by atoms with Gasteiger partial charge >= 0.3 is 17.6 Å². The van der Waals surface area contributed by atoms with Crippen LogP contribution in [-0.4, -0.2) is 51.7 Å². The van der Waals surface area contributed by atoms with Crippen LogP contribution in [0.15, 0.2) is 70.6 Å². The number of carbonyl (C=O) groups excluding carboxylic acids is 1. The number of aromatic nitrogens is 2. The molecular weight excluding hydrogens is 512 g/mol. The number of piperidine rings is 1. The summed E-state index contributed by atoms with van der Waals surface area (Å²) in [5.41, 5.74) is 3.62. The molecule has 210 valence electrons. The maximum atomic E-state index is 12.8. The average Bonchev–Trinajstić information content (AvgIpc) is 3.33. The van der Waals surface area contributed by atoms with Gasteiger partial charge in [-0.25, -0.2) is 15.1 Å². The molecule has 0 aliphatic carbocycles. The zero-order chi connectivity index (χ0) is 28.6. The molecule has 5 rings (SSSR count). The zero-order valence-electron chi connectivity index (χ0n) is 22.6. The summed E-state index contributed by atoms with van der Waals surface area (Å²) >= 11 is 0. The highest BCUT2D eigenvalue weighted by Gasteiger charge is 2.26. The summed E-state index contributed by atoms with van der Waals surface area (Å²) in [6, 6.07) is 17.8. The molecule has 1 aromatic heterocycles. The van der Waals surface area contributed by atoms with Gasteiger partial charge in [-0.3, -0.25) is 14.7 Å². The van der Waals surface area contributed by atoms with Crippen LogP contribution in [0.3, 0.4) is 0 Å². The summed E-state index contributed by atoms with van der Waals surface area (Å²) in [4.78, 5) is 45.0. The lowest BCUT2D eigenvalue weighted by Gasteiger charge is -2.32. The lowest BCUT2D eigenvalue weighted by Crippen LogP contribution is -2.81. The van der Waals surface area contributed by atoms with Crippen molar-refractivity contribution < 1.29 is 25.1 Å². The minimum absolute atomic E-state index is 0.0859. The smallest absolute Gasteiger partial charge is 0.349 e. The zero-order valence-corrected chi connectivity index (χ0v) is 22.6. The summed E-state index contributed by atoms with van der Waals surface area (Å²) in [5, 5.41) is 24.1. The van der Waals surface area contributed by atoms with Crippen molar-refractivity contribution >= 4 is 35.1 Å². The van der Waals surface area contributed by atoms with Crippen molar-refractivity contribution in [2.75, 3.05) is 23.3 Å². The first-order valence-electron chi connectivity index (χ1n) is 13.3. The Bertz CT molecular complexity index is 1400. The Balaban J connectivity index is 0.000000867. The van der Waals surface area contributed by atoms with E-state index in [2.05, 4.69) is 26.6 Å². The number of anilines is 2. The van der Waals surface area contributed by atoms with Gasteiger partial charge in [0, 0.05) is 43.4 Å². The van der Waals surface area contributed by atoms with Gasteiger partial charge < -0.3 is 19.9 Å². The lowest BCUT2D eigenvalue weighted by atomic mass is 9.99. The number of aliphatic carboxylic acids is 2. The van der Waals surface area contributed by atoms with Crippen molar-refractivity contribution in [3.8, 4) is 0 Å². The van der Waals surface area contributed by atoms with Gasteiger partial charge in [-0.2, -0.15) is 4.98 Å². The van der Waals surface area contributed by atoms with Crippen molar-refractivity contribution in [1.82, 2.24) is 9.55 Å². The third-order valence-corrected chi connectivity index (χ3v) is 6.84. The van der Waals surface area contributed by atoms with Crippen LogP contribution in [-0.2, 0) is 22.6 Å². The Kier molecular flexibility index (Phi) is 9.28. The average molecular weight is 547 g/mol. The number of guanidine groups is 1. The molecule has 0 saturated carbocycles. The second-order valence-electron chi connectivity index (χ2n) is 9.99. The number of carboxylic acids is 2. The highest BCUT2D eigenvalue weighted by molar-refractivity contribution is 5.95. The summed E-state index contributed by atoms with van der Waals surface area (Å²) in [7, 11) is 0. The fourth-order valence-corrected chi connectivity index (χ4v) is 4.94. The third kappa shape index (κ3) is 7.54. The molecule has 1 atom stereocenters. The van der Waals surface area contributed by atoms with E-state index in [1.165, 1.54) is 4.57 Å². The number of aliphatic imine (C=N–C) groups is 1. The van der Waals surface area contributed by atoms with E-state index >= 15 is 0 Å². The molecule has 2 aromatic carbocycles. The van der Waals surface area contributed by atoms with E-state index in [1.807, 2.05) is 55.5 Å². The molecule has 0 unspecified atom stereocenters. The van der Waals surface area contributed by atoms with Gasteiger partial charge in [0.15, 0.2) is 5.69 Å². The highest BCUT2D eigenvalue weighted by Crippen LogP contribution is 2.23. The van der Waals surface area contributed by atoms with E-state index in [9.17, 15) is 14.7 Å². The molecule has 11 nitrogen and oxygen atoms in total. The molecule has 0 spiro atoms. The summed E-state index contributed by atoms with van der Waals surface area (Å²) in [6.45, 7) is 4.50. The molecule has 0 bridgehead atoms. The molecule has 3 aromatic rings. The molecule has 2 aliphatic rings. The molecule has 0 radical (unpaired) electrons. The second kappa shape index (κ2) is 13.0. The largest absolute Gasteiger partial charge is 0.550 e. The number of para-hydroxylation sites is 2. The van der Waals surface area contributed by atoms with Crippen LogP contribution in [0.4, 0.5) is 17.2 Å². The first-order chi connectivity index (χ1) is 19.2. The fourth-order valence-electron chi connectivity index (χ4n) is 4.94.